The third kappa shape index (κ3) is 3.32. The van der Waals surface area contributed by atoms with Gasteiger partial charge in [-0.25, -0.2) is 9.97 Å². The molecule has 3 rings (SSSR count). The second-order valence-electron chi connectivity index (χ2n) is 5.30. The van der Waals surface area contributed by atoms with Crippen LogP contribution in [-0.4, -0.2) is 21.5 Å². The maximum Gasteiger partial charge on any atom is 0.180 e. The van der Waals surface area contributed by atoms with Crippen molar-refractivity contribution in [3.8, 4) is 11.5 Å². The zero-order valence-electron chi connectivity index (χ0n) is 11.8. The molecule has 0 unspecified atom stereocenters. The molecule has 104 valence electrons. The van der Waals surface area contributed by atoms with Crippen LogP contribution in [0.5, 0.6) is 0 Å². The summed E-state index contributed by atoms with van der Waals surface area (Å²) in [4.78, 5) is 13.5. The number of rotatable bonds is 6. The van der Waals surface area contributed by atoms with Gasteiger partial charge in [-0.2, -0.15) is 0 Å². The van der Waals surface area contributed by atoms with Gasteiger partial charge in [0, 0.05) is 24.5 Å². The second-order valence-corrected chi connectivity index (χ2v) is 5.30. The zero-order valence-corrected chi connectivity index (χ0v) is 11.8. The minimum atomic E-state index is 0.707. The molecule has 1 N–H and O–H groups in total. The molecule has 0 aliphatic heterocycles. The van der Waals surface area contributed by atoms with Crippen LogP contribution < -0.4 is 5.32 Å². The Labute approximate surface area is 119 Å². The molecular weight excluding hydrogens is 248 g/mol. The summed E-state index contributed by atoms with van der Waals surface area (Å²) in [6.07, 6.45) is 6.71. The van der Waals surface area contributed by atoms with Gasteiger partial charge < -0.3 is 5.32 Å². The molecule has 20 heavy (non-hydrogen) atoms. The van der Waals surface area contributed by atoms with Crippen LogP contribution in [0.15, 0.2) is 30.5 Å². The highest BCUT2D eigenvalue weighted by molar-refractivity contribution is 5.52. The van der Waals surface area contributed by atoms with E-state index in [-0.39, 0.29) is 0 Å². The first-order valence-electron chi connectivity index (χ1n) is 7.38. The van der Waals surface area contributed by atoms with Gasteiger partial charge in [0.05, 0.1) is 0 Å². The summed E-state index contributed by atoms with van der Waals surface area (Å²) in [5.74, 6) is 2.56. The van der Waals surface area contributed by atoms with E-state index in [2.05, 4.69) is 27.2 Å². The fourth-order valence-corrected chi connectivity index (χ4v) is 2.19. The molecule has 1 aliphatic carbocycles. The molecule has 2 aromatic heterocycles. The molecule has 0 saturated heterocycles. The van der Waals surface area contributed by atoms with Crippen LogP contribution in [0.2, 0.25) is 0 Å². The van der Waals surface area contributed by atoms with Gasteiger partial charge in [-0.15, -0.1) is 0 Å². The monoisotopic (exact) mass is 268 g/mol. The second kappa shape index (κ2) is 5.99. The van der Waals surface area contributed by atoms with Crippen LogP contribution >= 0.6 is 0 Å². The Morgan fingerprint density at radius 1 is 1.25 bits per heavy atom. The largest absolute Gasteiger partial charge is 0.370 e. The Kier molecular flexibility index (Phi) is 3.90. The number of hydrogen-bond acceptors (Lipinski definition) is 4. The molecule has 0 atom stereocenters. The van der Waals surface area contributed by atoms with Crippen molar-refractivity contribution in [2.75, 3.05) is 11.9 Å². The van der Waals surface area contributed by atoms with E-state index in [1.54, 1.807) is 6.20 Å². The maximum absolute atomic E-state index is 4.58. The lowest BCUT2D eigenvalue weighted by molar-refractivity contribution is 0.757. The van der Waals surface area contributed by atoms with E-state index in [4.69, 9.17) is 0 Å². The van der Waals surface area contributed by atoms with Gasteiger partial charge in [0.25, 0.3) is 0 Å². The van der Waals surface area contributed by atoms with Gasteiger partial charge in [0.15, 0.2) is 5.82 Å². The van der Waals surface area contributed by atoms with Crippen LogP contribution in [0.3, 0.4) is 0 Å². The molecule has 4 heteroatoms. The van der Waals surface area contributed by atoms with E-state index in [0.29, 0.717) is 5.82 Å². The molecule has 1 saturated carbocycles. The van der Waals surface area contributed by atoms with Gasteiger partial charge in [0.1, 0.15) is 11.5 Å². The minimum Gasteiger partial charge on any atom is -0.370 e. The average molecular weight is 268 g/mol. The van der Waals surface area contributed by atoms with E-state index in [1.165, 1.54) is 19.3 Å². The van der Waals surface area contributed by atoms with E-state index in [0.717, 1.165) is 36.1 Å². The first-order valence-corrected chi connectivity index (χ1v) is 7.38. The van der Waals surface area contributed by atoms with E-state index >= 15 is 0 Å². The lowest BCUT2D eigenvalue weighted by Gasteiger charge is -2.09. The quantitative estimate of drug-likeness (QED) is 0.873. The lowest BCUT2D eigenvalue weighted by Crippen LogP contribution is -2.07. The van der Waals surface area contributed by atoms with Crippen LogP contribution in [-0.2, 0) is 6.42 Å². The van der Waals surface area contributed by atoms with Crippen molar-refractivity contribution in [3.05, 3.63) is 36.2 Å². The summed E-state index contributed by atoms with van der Waals surface area (Å²) < 4.78 is 0. The van der Waals surface area contributed by atoms with Crippen molar-refractivity contribution in [2.24, 2.45) is 5.92 Å². The van der Waals surface area contributed by atoms with Crippen molar-refractivity contribution in [3.63, 3.8) is 0 Å². The predicted octanol–water partition coefficient (Wildman–Crippen LogP) is 3.31. The van der Waals surface area contributed by atoms with Gasteiger partial charge >= 0.3 is 0 Å². The van der Waals surface area contributed by atoms with Crippen LogP contribution in [0.1, 0.15) is 31.9 Å². The number of aromatic nitrogens is 3. The maximum atomic E-state index is 4.58. The zero-order chi connectivity index (χ0) is 13.8. The third-order valence-electron chi connectivity index (χ3n) is 3.59. The van der Waals surface area contributed by atoms with Crippen LogP contribution in [0.25, 0.3) is 11.5 Å². The van der Waals surface area contributed by atoms with Crippen LogP contribution in [0, 0.1) is 5.92 Å². The molecule has 1 aliphatic rings. The van der Waals surface area contributed by atoms with Crippen molar-refractivity contribution in [2.45, 2.75) is 32.6 Å². The highest BCUT2D eigenvalue weighted by Gasteiger charge is 2.20. The Morgan fingerprint density at radius 2 is 2.15 bits per heavy atom. The first kappa shape index (κ1) is 13.0. The van der Waals surface area contributed by atoms with Gasteiger partial charge in [-0.05, 0) is 30.9 Å². The number of nitrogens with one attached hydrogen (secondary N) is 1. The van der Waals surface area contributed by atoms with Gasteiger partial charge in [-0.3, -0.25) is 4.98 Å². The van der Waals surface area contributed by atoms with Crippen molar-refractivity contribution >= 4 is 5.82 Å². The van der Waals surface area contributed by atoms with Crippen molar-refractivity contribution in [1.29, 1.82) is 0 Å². The molecule has 0 aromatic carbocycles. The van der Waals surface area contributed by atoms with Crippen molar-refractivity contribution < 1.29 is 0 Å². The fraction of sp³-hybridized carbons (Fsp3) is 0.438. The third-order valence-corrected chi connectivity index (χ3v) is 3.59. The predicted molar refractivity (Wildman–Crippen MR) is 80.5 cm³/mol. The summed E-state index contributed by atoms with van der Waals surface area (Å²) in [6.45, 7) is 3.10. The van der Waals surface area contributed by atoms with E-state index < -0.39 is 0 Å². The van der Waals surface area contributed by atoms with Gasteiger partial charge in [0.2, 0.25) is 0 Å². The Morgan fingerprint density at radius 3 is 2.85 bits per heavy atom. The van der Waals surface area contributed by atoms with Gasteiger partial charge in [-0.1, -0.05) is 25.8 Å². The molecule has 0 amide bonds. The Balaban J connectivity index is 1.78. The molecular formula is C16H20N4. The molecule has 2 heterocycles. The SMILES string of the molecule is CCc1cc(NCCC2CC2)nc(-c2ccccn2)n1. The topological polar surface area (TPSA) is 50.7 Å². The summed E-state index contributed by atoms with van der Waals surface area (Å²) in [5.41, 5.74) is 1.88. The minimum absolute atomic E-state index is 0.707. The standard InChI is InChI=1S/C16H20N4/c1-2-13-11-15(18-10-8-12-6-7-12)20-16(19-13)14-5-3-4-9-17-14/h3-5,9,11-12H,2,6-8,10H2,1H3,(H,18,19,20). The molecule has 1 fully saturated rings. The summed E-state index contributed by atoms with van der Waals surface area (Å²) >= 11 is 0. The Bertz CT molecular complexity index is 564. The number of hydrogen-bond donors (Lipinski definition) is 1. The normalized spacial score (nSPS) is 14.2. The average Bonchev–Trinajstić information content (AvgIpc) is 3.32. The number of anilines is 1. The van der Waals surface area contributed by atoms with Crippen molar-refractivity contribution in [1.82, 2.24) is 15.0 Å². The summed E-state index contributed by atoms with van der Waals surface area (Å²) in [5, 5.41) is 3.42. The van der Waals surface area contributed by atoms with Crippen LogP contribution in [0.4, 0.5) is 5.82 Å². The highest BCUT2D eigenvalue weighted by Crippen LogP contribution is 2.32. The number of nitrogens with zero attached hydrogens (tertiary/aromatic N) is 3. The molecule has 2 aromatic rings. The first-order chi connectivity index (χ1) is 9.85. The molecule has 4 nitrogen and oxygen atoms in total. The molecule has 0 radical (unpaired) electrons. The van der Waals surface area contributed by atoms with E-state index in [9.17, 15) is 0 Å². The summed E-state index contributed by atoms with van der Waals surface area (Å²) in [6, 6.07) is 7.86. The summed E-state index contributed by atoms with van der Waals surface area (Å²) in [7, 11) is 0. The molecule has 0 spiro atoms. The fourth-order valence-electron chi connectivity index (χ4n) is 2.19. The highest BCUT2D eigenvalue weighted by atomic mass is 15.0. The molecule has 0 bridgehead atoms. The number of pyridine rings is 1. The number of aryl methyl sites for hydroxylation is 1. The lowest BCUT2D eigenvalue weighted by atomic mass is 10.2. The van der Waals surface area contributed by atoms with E-state index in [1.807, 2.05) is 24.3 Å². The Hall–Kier alpha value is -1.97. The smallest absolute Gasteiger partial charge is 0.180 e.